The Kier molecular flexibility index (Phi) is 4.92. The van der Waals surface area contributed by atoms with Crippen molar-refractivity contribution in [1.29, 1.82) is 0 Å². The zero-order chi connectivity index (χ0) is 14.5. The zero-order valence-corrected chi connectivity index (χ0v) is 12.8. The van der Waals surface area contributed by atoms with Gasteiger partial charge in [0.1, 0.15) is 5.76 Å². The molecule has 0 spiro atoms. The second-order valence-electron chi connectivity index (χ2n) is 4.89. The molecule has 2 heterocycles. The number of carbonyl (C=O) groups is 1. The Morgan fingerprint density at radius 1 is 1.50 bits per heavy atom. The molecule has 0 unspecified atom stereocenters. The van der Waals surface area contributed by atoms with Gasteiger partial charge in [-0.15, -0.1) is 11.3 Å². The lowest BCUT2D eigenvalue weighted by molar-refractivity contribution is -0.116. The van der Waals surface area contributed by atoms with Crippen LogP contribution in [0, 0.1) is 13.8 Å². The lowest BCUT2D eigenvalue weighted by Gasteiger charge is -2.15. The Bertz CT molecular complexity index is 576. The van der Waals surface area contributed by atoms with E-state index in [1.54, 1.807) is 24.3 Å². The molecule has 0 bridgehead atoms. The van der Waals surface area contributed by atoms with Crippen LogP contribution in [-0.4, -0.2) is 29.6 Å². The van der Waals surface area contributed by atoms with Crippen molar-refractivity contribution in [3.8, 4) is 0 Å². The van der Waals surface area contributed by atoms with E-state index in [9.17, 15) is 4.79 Å². The number of aromatic nitrogens is 1. The molecule has 5 nitrogen and oxygen atoms in total. The molecule has 1 amide bonds. The van der Waals surface area contributed by atoms with E-state index in [2.05, 4.69) is 33.7 Å². The van der Waals surface area contributed by atoms with Crippen molar-refractivity contribution in [3.05, 3.63) is 33.7 Å². The maximum absolute atomic E-state index is 11.8. The number of hydrogen-bond acceptors (Lipinski definition) is 5. The Balaban J connectivity index is 1.74. The van der Waals surface area contributed by atoms with Crippen molar-refractivity contribution >= 4 is 23.1 Å². The van der Waals surface area contributed by atoms with Crippen LogP contribution in [0.2, 0.25) is 0 Å². The molecule has 0 aliphatic rings. The van der Waals surface area contributed by atoms with Gasteiger partial charge in [-0.3, -0.25) is 4.79 Å². The highest BCUT2D eigenvalue weighted by Gasteiger charge is 2.09. The summed E-state index contributed by atoms with van der Waals surface area (Å²) >= 11 is 1.75. The summed E-state index contributed by atoms with van der Waals surface area (Å²) in [5.41, 5.74) is 1.31. The summed E-state index contributed by atoms with van der Waals surface area (Å²) in [6, 6.07) is 3.82. The van der Waals surface area contributed by atoms with Gasteiger partial charge >= 0.3 is 0 Å². The number of carbonyl (C=O) groups excluding carboxylic acids is 1. The van der Waals surface area contributed by atoms with Gasteiger partial charge in [0.2, 0.25) is 5.91 Å². The lowest BCUT2D eigenvalue weighted by atomic mass is 10.2. The molecule has 6 heteroatoms. The fourth-order valence-corrected chi connectivity index (χ4v) is 2.80. The Morgan fingerprint density at radius 3 is 2.90 bits per heavy atom. The van der Waals surface area contributed by atoms with Gasteiger partial charge in [-0.1, -0.05) is 5.16 Å². The lowest BCUT2D eigenvalue weighted by Crippen LogP contribution is -2.24. The summed E-state index contributed by atoms with van der Waals surface area (Å²) in [7, 11) is 2.02. The smallest absolute Gasteiger partial charge is 0.226 e. The molecule has 2 rings (SSSR count). The first kappa shape index (κ1) is 14.7. The van der Waals surface area contributed by atoms with Crippen LogP contribution >= 0.6 is 11.3 Å². The Labute approximate surface area is 122 Å². The van der Waals surface area contributed by atoms with Gasteiger partial charge in [0.15, 0.2) is 5.82 Å². The third-order valence-electron chi connectivity index (χ3n) is 3.00. The van der Waals surface area contributed by atoms with Gasteiger partial charge in [0, 0.05) is 30.5 Å². The standard InChI is InChI=1S/C14H19N3O2S/c1-10-5-7-20-12(10)9-17(3)6-4-14(18)15-13-8-11(2)19-16-13/h5,7-8H,4,6,9H2,1-3H3,(H,15,16,18). The van der Waals surface area contributed by atoms with E-state index in [1.807, 2.05) is 7.05 Å². The SMILES string of the molecule is Cc1cc(NC(=O)CCN(C)Cc2sccc2C)no1. The largest absolute Gasteiger partial charge is 0.360 e. The first-order valence-electron chi connectivity index (χ1n) is 6.49. The number of amides is 1. The number of hydrogen-bond donors (Lipinski definition) is 1. The predicted molar refractivity (Wildman–Crippen MR) is 79.9 cm³/mol. The van der Waals surface area contributed by atoms with Gasteiger partial charge < -0.3 is 14.7 Å². The summed E-state index contributed by atoms with van der Waals surface area (Å²) in [6.45, 7) is 5.49. The van der Waals surface area contributed by atoms with Crippen LogP contribution in [0.4, 0.5) is 5.82 Å². The van der Waals surface area contributed by atoms with Crippen molar-refractivity contribution < 1.29 is 9.32 Å². The average Bonchev–Trinajstić information content (AvgIpc) is 2.97. The molecule has 108 valence electrons. The Morgan fingerprint density at radius 2 is 2.30 bits per heavy atom. The number of nitrogens with zero attached hydrogens (tertiary/aromatic N) is 2. The first-order chi connectivity index (χ1) is 9.54. The van der Waals surface area contributed by atoms with Crippen LogP contribution in [0.3, 0.4) is 0 Å². The summed E-state index contributed by atoms with van der Waals surface area (Å²) < 4.78 is 4.90. The third kappa shape index (κ3) is 4.18. The maximum atomic E-state index is 11.8. The molecule has 20 heavy (non-hydrogen) atoms. The summed E-state index contributed by atoms with van der Waals surface area (Å²) in [5.74, 6) is 1.11. The highest BCUT2D eigenvalue weighted by atomic mass is 32.1. The maximum Gasteiger partial charge on any atom is 0.226 e. The fraction of sp³-hybridized carbons (Fsp3) is 0.429. The highest BCUT2D eigenvalue weighted by molar-refractivity contribution is 7.10. The molecule has 2 aromatic rings. The molecule has 0 fully saturated rings. The van der Waals surface area contributed by atoms with E-state index < -0.39 is 0 Å². The molecule has 0 atom stereocenters. The number of aryl methyl sites for hydroxylation is 2. The molecule has 0 aliphatic heterocycles. The minimum atomic E-state index is -0.0481. The monoisotopic (exact) mass is 293 g/mol. The van der Waals surface area contributed by atoms with Gasteiger partial charge in [0.05, 0.1) is 0 Å². The molecule has 0 aromatic carbocycles. The number of rotatable bonds is 6. The first-order valence-corrected chi connectivity index (χ1v) is 7.37. The van der Waals surface area contributed by atoms with Gasteiger partial charge in [-0.05, 0) is 37.9 Å². The molecular weight excluding hydrogens is 274 g/mol. The predicted octanol–water partition coefficient (Wildman–Crippen LogP) is 2.81. The van der Waals surface area contributed by atoms with Crippen molar-refractivity contribution in [2.24, 2.45) is 0 Å². The van der Waals surface area contributed by atoms with Crippen LogP contribution in [0.25, 0.3) is 0 Å². The summed E-state index contributed by atoms with van der Waals surface area (Å²) in [6.07, 6.45) is 0.437. The van der Waals surface area contributed by atoms with Crippen LogP contribution in [-0.2, 0) is 11.3 Å². The van der Waals surface area contributed by atoms with E-state index in [1.165, 1.54) is 10.4 Å². The number of anilines is 1. The molecule has 0 saturated carbocycles. The van der Waals surface area contributed by atoms with Crippen molar-refractivity contribution in [2.75, 3.05) is 18.9 Å². The molecule has 0 saturated heterocycles. The highest BCUT2D eigenvalue weighted by Crippen LogP contribution is 2.17. The van der Waals surface area contributed by atoms with Crippen molar-refractivity contribution in [2.45, 2.75) is 26.8 Å². The molecule has 2 aromatic heterocycles. The summed E-state index contributed by atoms with van der Waals surface area (Å²) in [4.78, 5) is 15.3. The van der Waals surface area contributed by atoms with E-state index in [4.69, 9.17) is 4.52 Å². The normalized spacial score (nSPS) is 11.0. The molecular formula is C14H19N3O2S. The number of nitrogens with one attached hydrogen (secondary N) is 1. The fourth-order valence-electron chi connectivity index (χ4n) is 1.81. The minimum absolute atomic E-state index is 0.0481. The molecule has 1 N–H and O–H groups in total. The van der Waals surface area contributed by atoms with E-state index in [0.717, 1.165) is 6.54 Å². The van der Waals surface area contributed by atoms with Crippen molar-refractivity contribution in [3.63, 3.8) is 0 Å². The second kappa shape index (κ2) is 6.67. The van der Waals surface area contributed by atoms with Crippen molar-refractivity contribution in [1.82, 2.24) is 10.1 Å². The van der Waals surface area contributed by atoms with Crippen LogP contribution < -0.4 is 5.32 Å². The van der Waals surface area contributed by atoms with E-state index in [-0.39, 0.29) is 5.91 Å². The van der Waals surface area contributed by atoms with E-state index >= 15 is 0 Å². The van der Waals surface area contributed by atoms with Gasteiger partial charge in [-0.25, -0.2) is 0 Å². The minimum Gasteiger partial charge on any atom is -0.360 e. The van der Waals surface area contributed by atoms with Crippen LogP contribution in [0.5, 0.6) is 0 Å². The zero-order valence-electron chi connectivity index (χ0n) is 12.0. The average molecular weight is 293 g/mol. The third-order valence-corrected chi connectivity index (χ3v) is 4.01. The second-order valence-corrected chi connectivity index (χ2v) is 5.89. The molecule has 0 aliphatic carbocycles. The summed E-state index contributed by atoms with van der Waals surface area (Å²) in [5, 5.41) is 8.55. The van der Waals surface area contributed by atoms with Gasteiger partial charge in [0.25, 0.3) is 0 Å². The molecule has 0 radical (unpaired) electrons. The Hall–Kier alpha value is -1.66. The van der Waals surface area contributed by atoms with Gasteiger partial charge in [-0.2, -0.15) is 0 Å². The van der Waals surface area contributed by atoms with E-state index in [0.29, 0.717) is 24.5 Å². The van der Waals surface area contributed by atoms with Crippen LogP contribution in [0.15, 0.2) is 22.0 Å². The topological polar surface area (TPSA) is 58.4 Å². The quantitative estimate of drug-likeness (QED) is 0.889. The number of thiophene rings is 1. The van der Waals surface area contributed by atoms with Crippen LogP contribution in [0.1, 0.15) is 22.6 Å².